The van der Waals surface area contributed by atoms with Gasteiger partial charge in [-0.2, -0.15) is 9.49 Å². The first-order chi connectivity index (χ1) is 19.3. The van der Waals surface area contributed by atoms with E-state index in [9.17, 15) is 13.2 Å². The number of pyridine rings is 2. The number of halogens is 4. The van der Waals surface area contributed by atoms with E-state index in [4.69, 9.17) is 4.98 Å². The van der Waals surface area contributed by atoms with Gasteiger partial charge in [-0.1, -0.05) is 18.2 Å². The molecular weight excluding hydrogens is 542 g/mol. The van der Waals surface area contributed by atoms with Crippen LogP contribution in [0.5, 0.6) is 0 Å². The molecule has 1 aliphatic carbocycles. The van der Waals surface area contributed by atoms with E-state index >= 15 is 4.39 Å². The summed E-state index contributed by atoms with van der Waals surface area (Å²) in [6.07, 6.45) is 10.7. The van der Waals surface area contributed by atoms with Gasteiger partial charge in [-0.25, -0.2) is 23.1 Å². The lowest BCUT2D eigenvalue weighted by Crippen LogP contribution is -2.24. The standard InChI is InChI=1S/C28H21F4N7S/c29-21-6-5-20(40-21)17-3-1-2-4-19-24(17)36-27(35-19)25-22-23(30)18(12-34-26(22)38-37-25)16-9-15(10-33-11-16)13-39-8-7-28(31,32)14-39/h1-3,5-6,9-12H,4,7-8,13-14H2,(H,35,36)(H,34,37,38). The number of nitrogens with zero attached hydrogens (tertiary/aromatic N) is 5. The highest BCUT2D eigenvalue weighted by Gasteiger charge is 2.38. The van der Waals surface area contributed by atoms with Crippen molar-refractivity contribution in [2.75, 3.05) is 13.1 Å². The van der Waals surface area contributed by atoms with Crippen LogP contribution in [0.1, 0.15) is 28.2 Å². The Morgan fingerprint density at radius 1 is 1.12 bits per heavy atom. The first kappa shape index (κ1) is 24.9. The minimum atomic E-state index is -2.69. The van der Waals surface area contributed by atoms with Crippen molar-refractivity contribution in [2.45, 2.75) is 25.3 Å². The van der Waals surface area contributed by atoms with Crippen LogP contribution in [0, 0.1) is 10.9 Å². The van der Waals surface area contributed by atoms with Gasteiger partial charge in [-0.3, -0.25) is 15.0 Å². The number of imidazole rings is 1. The summed E-state index contributed by atoms with van der Waals surface area (Å²) in [5.41, 5.74) is 4.13. The number of fused-ring (bicyclic) bond motifs is 2. The molecule has 12 heteroatoms. The predicted molar refractivity (Wildman–Crippen MR) is 144 cm³/mol. The number of likely N-dealkylation sites (tertiary alicyclic amines) is 1. The number of H-pyrrole nitrogens is 2. The largest absolute Gasteiger partial charge is 0.340 e. The van der Waals surface area contributed by atoms with Gasteiger partial charge in [0.1, 0.15) is 11.5 Å². The summed E-state index contributed by atoms with van der Waals surface area (Å²) in [4.78, 5) is 19.0. The van der Waals surface area contributed by atoms with Crippen molar-refractivity contribution < 1.29 is 17.6 Å². The summed E-state index contributed by atoms with van der Waals surface area (Å²) >= 11 is 1.03. The van der Waals surface area contributed by atoms with Crippen LogP contribution in [0.2, 0.25) is 0 Å². The van der Waals surface area contributed by atoms with Crippen molar-refractivity contribution in [3.8, 4) is 22.6 Å². The van der Waals surface area contributed by atoms with Gasteiger partial charge in [-0.15, -0.1) is 11.3 Å². The Morgan fingerprint density at radius 2 is 2.02 bits per heavy atom. The number of hydrogen-bond acceptors (Lipinski definition) is 6. The van der Waals surface area contributed by atoms with Crippen molar-refractivity contribution in [2.24, 2.45) is 0 Å². The molecule has 0 aromatic carbocycles. The highest BCUT2D eigenvalue weighted by Crippen LogP contribution is 2.36. The Balaban J connectivity index is 1.26. The van der Waals surface area contributed by atoms with E-state index in [1.54, 1.807) is 23.2 Å². The lowest BCUT2D eigenvalue weighted by atomic mass is 10.0. The molecule has 0 amide bonds. The fourth-order valence-electron chi connectivity index (χ4n) is 5.23. The third kappa shape index (κ3) is 4.42. The zero-order valence-electron chi connectivity index (χ0n) is 20.9. The Morgan fingerprint density at radius 3 is 2.83 bits per heavy atom. The number of hydrogen-bond donors (Lipinski definition) is 2. The van der Waals surface area contributed by atoms with E-state index in [0.717, 1.165) is 27.5 Å². The molecule has 7 rings (SSSR count). The number of alkyl halides is 2. The fourth-order valence-corrected chi connectivity index (χ4v) is 5.99. The van der Waals surface area contributed by atoms with Gasteiger partial charge in [0.25, 0.3) is 5.92 Å². The van der Waals surface area contributed by atoms with Gasteiger partial charge < -0.3 is 4.98 Å². The second kappa shape index (κ2) is 9.49. The van der Waals surface area contributed by atoms with Gasteiger partial charge in [0, 0.05) is 71.8 Å². The van der Waals surface area contributed by atoms with E-state index in [1.165, 1.54) is 18.5 Å². The molecule has 7 nitrogen and oxygen atoms in total. The van der Waals surface area contributed by atoms with Crippen molar-refractivity contribution in [1.29, 1.82) is 0 Å². The average Bonchev–Trinajstić information content (AvgIpc) is 3.70. The second-order valence-corrected chi connectivity index (χ2v) is 10.9. The second-order valence-electron chi connectivity index (χ2n) is 9.91. The third-order valence-electron chi connectivity index (χ3n) is 7.11. The maximum Gasteiger partial charge on any atom is 0.261 e. The summed E-state index contributed by atoms with van der Waals surface area (Å²) in [7, 11) is 0. The molecule has 0 unspecified atom stereocenters. The van der Waals surface area contributed by atoms with Crippen LogP contribution in [-0.2, 0) is 13.0 Å². The first-order valence-electron chi connectivity index (χ1n) is 12.6. The molecule has 0 saturated carbocycles. The van der Waals surface area contributed by atoms with Crippen LogP contribution in [-0.4, -0.2) is 54.0 Å². The van der Waals surface area contributed by atoms with Crippen molar-refractivity contribution in [3.63, 3.8) is 0 Å². The molecule has 0 radical (unpaired) electrons. The van der Waals surface area contributed by atoms with Crippen molar-refractivity contribution >= 4 is 27.9 Å². The summed E-state index contributed by atoms with van der Waals surface area (Å²) in [6.45, 7) is 0.276. The van der Waals surface area contributed by atoms with E-state index in [-0.39, 0.29) is 34.7 Å². The molecule has 5 aromatic heterocycles. The molecule has 0 atom stereocenters. The zero-order chi connectivity index (χ0) is 27.4. The van der Waals surface area contributed by atoms with Gasteiger partial charge >= 0.3 is 0 Å². The van der Waals surface area contributed by atoms with Crippen molar-refractivity contribution in [1.82, 2.24) is 35.0 Å². The number of nitrogens with one attached hydrogen (secondary N) is 2. The van der Waals surface area contributed by atoms with E-state index in [1.807, 2.05) is 18.2 Å². The lowest BCUT2D eigenvalue weighted by Gasteiger charge is -2.15. The minimum Gasteiger partial charge on any atom is -0.340 e. The van der Waals surface area contributed by atoms with Crippen LogP contribution in [0.25, 0.3) is 39.3 Å². The Bertz CT molecular complexity index is 1820. The van der Waals surface area contributed by atoms with E-state index in [2.05, 4.69) is 25.1 Å². The van der Waals surface area contributed by atoms with Crippen LogP contribution >= 0.6 is 11.3 Å². The smallest absolute Gasteiger partial charge is 0.261 e. The van der Waals surface area contributed by atoms with E-state index in [0.29, 0.717) is 47.8 Å². The SMILES string of the molecule is Fc1ccc(C2=CC=CCc3[nH]c(-c4[nH]nc5ncc(-c6cncc(CN7CCC(F)(F)C7)c6)c(F)c45)nc32)s1. The molecule has 40 heavy (non-hydrogen) atoms. The maximum atomic E-state index is 16.1. The maximum absolute atomic E-state index is 16.1. The number of aromatic amines is 2. The quantitative estimate of drug-likeness (QED) is 0.251. The van der Waals surface area contributed by atoms with Gasteiger partial charge in [0.2, 0.25) is 0 Å². The fraction of sp³-hybridized carbons (Fsp3) is 0.214. The monoisotopic (exact) mass is 563 g/mol. The normalized spacial score (nSPS) is 16.9. The highest BCUT2D eigenvalue weighted by atomic mass is 32.1. The molecule has 1 fully saturated rings. The molecule has 0 bridgehead atoms. The van der Waals surface area contributed by atoms with Gasteiger partial charge in [0.15, 0.2) is 16.6 Å². The summed E-state index contributed by atoms with van der Waals surface area (Å²) < 4.78 is 57.2. The number of rotatable bonds is 5. The van der Waals surface area contributed by atoms with Crippen LogP contribution in [0.15, 0.2) is 55.0 Å². The molecule has 0 spiro atoms. The minimum absolute atomic E-state index is 0.161. The molecular formula is C28H21F4N7S. The van der Waals surface area contributed by atoms with Crippen LogP contribution in [0.4, 0.5) is 17.6 Å². The van der Waals surface area contributed by atoms with Crippen LogP contribution < -0.4 is 0 Å². The zero-order valence-corrected chi connectivity index (χ0v) is 21.7. The van der Waals surface area contributed by atoms with Gasteiger partial charge in [0.05, 0.1) is 17.6 Å². The summed E-state index contributed by atoms with van der Waals surface area (Å²) in [5, 5.41) is 6.92. The Labute approximate surface area is 229 Å². The first-order valence-corrected chi connectivity index (χ1v) is 13.5. The summed E-state index contributed by atoms with van der Waals surface area (Å²) in [6, 6.07) is 4.87. The van der Waals surface area contributed by atoms with Crippen molar-refractivity contribution in [3.05, 3.63) is 87.8 Å². The van der Waals surface area contributed by atoms with Crippen LogP contribution in [0.3, 0.4) is 0 Å². The Kier molecular flexibility index (Phi) is 5.90. The molecule has 1 saturated heterocycles. The van der Waals surface area contributed by atoms with Gasteiger partial charge in [-0.05, 0) is 23.8 Å². The molecule has 5 aromatic rings. The third-order valence-corrected chi connectivity index (χ3v) is 8.02. The average molecular weight is 564 g/mol. The number of allylic oxidation sites excluding steroid dienone is 3. The molecule has 202 valence electrons. The molecule has 2 aliphatic rings. The topological polar surface area (TPSA) is 86.4 Å². The Hall–Kier alpha value is -4.16. The molecule has 2 N–H and O–H groups in total. The van der Waals surface area contributed by atoms with E-state index < -0.39 is 11.7 Å². The predicted octanol–water partition coefficient (Wildman–Crippen LogP) is 6.13. The highest BCUT2D eigenvalue weighted by molar-refractivity contribution is 7.11. The number of thiophene rings is 1. The molecule has 6 heterocycles. The summed E-state index contributed by atoms with van der Waals surface area (Å²) in [5.74, 6) is -2.87. The molecule has 1 aliphatic heterocycles. The number of aromatic nitrogens is 6. The lowest BCUT2D eigenvalue weighted by molar-refractivity contribution is 0.0115.